The third-order valence-corrected chi connectivity index (χ3v) is 8.42. The number of hydrogen-bond acceptors (Lipinski definition) is 6. The van der Waals surface area contributed by atoms with Crippen LogP contribution in [0.3, 0.4) is 0 Å². The highest BCUT2D eigenvalue weighted by atomic mass is 32.2. The molecule has 8 nitrogen and oxygen atoms in total. The van der Waals surface area contributed by atoms with Crippen molar-refractivity contribution in [1.29, 1.82) is 0 Å². The van der Waals surface area contributed by atoms with Gasteiger partial charge in [-0.1, -0.05) is 12.1 Å². The normalized spacial score (nSPS) is 19.3. The number of H-pyrrole nitrogens is 1. The molecule has 3 N–H and O–H groups in total. The number of alkyl halides is 3. The van der Waals surface area contributed by atoms with Gasteiger partial charge >= 0.3 is 6.18 Å². The lowest BCUT2D eigenvalue weighted by molar-refractivity contribution is -0.137. The molecule has 1 aliphatic heterocycles. The smallest absolute Gasteiger partial charge is 0.390 e. The van der Waals surface area contributed by atoms with Crippen LogP contribution in [0.4, 0.5) is 19.0 Å². The van der Waals surface area contributed by atoms with Crippen molar-refractivity contribution < 1.29 is 26.7 Å². The van der Waals surface area contributed by atoms with Crippen molar-refractivity contribution in [3.05, 3.63) is 72.1 Å². The fourth-order valence-electron chi connectivity index (χ4n) is 4.50. The van der Waals surface area contributed by atoms with Gasteiger partial charge in [0.2, 0.25) is 10.0 Å². The van der Waals surface area contributed by atoms with Crippen LogP contribution in [-0.2, 0) is 16.2 Å². The van der Waals surface area contributed by atoms with E-state index in [-0.39, 0.29) is 30.2 Å². The molecule has 4 aromatic rings. The Labute approximate surface area is 211 Å². The summed E-state index contributed by atoms with van der Waals surface area (Å²) in [5, 5.41) is 21.5. The Morgan fingerprint density at radius 2 is 1.84 bits per heavy atom. The maximum atomic E-state index is 13.2. The van der Waals surface area contributed by atoms with Gasteiger partial charge in [0.1, 0.15) is 5.82 Å². The van der Waals surface area contributed by atoms with E-state index in [2.05, 4.69) is 20.5 Å². The lowest BCUT2D eigenvalue weighted by Crippen LogP contribution is -2.51. The number of anilines is 1. The molecule has 0 amide bonds. The third kappa shape index (κ3) is 5.04. The summed E-state index contributed by atoms with van der Waals surface area (Å²) in [5.41, 5.74) is 2.90. The molecule has 0 saturated carbocycles. The first-order valence-corrected chi connectivity index (χ1v) is 13.0. The second kappa shape index (κ2) is 9.43. The number of β-amino-alcohol motifs (C(OH)–C–C–N with tert-alkyl or cyclic N) is 1. The van der Waals surface area contributed by atoms with Crippen LogP contribution in [0, 0.1) is 6.92 Å². The predicted molar refractivity (Wildman–Crippen MR) is 132 cm³/mol. The van der Waals surface area contributed by atoms with E-state index in [1.807, 2.05) is 19.1 Å². The topological polar surface area (TPSA) is 111 Å². The van der Waals surface area contributed by atoms with Gasteiger partial charge in [-0.15, -0.1) is 0 Å². The Hall–Kier alpha value is -3.48. The molecular weight excluding hydrogens is 507 g/mol. The average molecular weight is 532 g/mol. The first-order valence-electron chi connectivity index (χ1n) is 11.5. The Morgan fingerprint density at radius 1 is 1.08 bits per heavy atom. The van der Waals surface area contributed by atoms with Crippen LogP contribution in [0.1, 0.15) is 17.5 Å². The number of benzene rings is 2. The number of nitrogens with zero attached hydrogens (tertiary/aromatic N) is 3. The highest BCUT2D eigenvalue weighted by molar-refractivity contribution is 7.89. The summed E-state index contributed by atoms with van der Waals surface area (Å²) >= 11 is 0. The Morgan fingerprint density at radius 3 is 2.49 bits per heavy atom. The quantitative estimate of drug-likeness (QED) is 0.356. The molecule has 194 valence electrons. The van der Waals surface area contributed by atoms with Crippen molar-refractivity contribution in [1.82, 2.24) is 19.5 Å². The van der Waals surface area contributed by atoms with E-state index in [9.17, 15) is 26.7 Å². The minimum Gasteiger partial charge on any atom is -0.390 e. The van der Waals surface area contributed by atoms with Gasteiger partial charge in [0.25, 0.3) is 0 Å². The summed E-state index contributed by atoms with van der Waals surface area (Å²) in [4.78, 5) is 3.87. The molecule has 37 heavy (non-hydrogen) atoms. The van der Waals surface area contributed by atoms with E-state index in [0.29, 0.717) is 6.20 Å². The molecular formula is C25H24F3N5O3S. The number of hydrogen-bond donors (Lipinski definition) is 3. The minimum atomic E-state index is -4.49. The number of aryl methyl sites for hydroxylation is 1. The molecule has 3 heterocycles. The molecule has 2 aromatic carbocycles. The molecule has 2 aromatic heterocycles. The van der Waals surface area contributed by atoms with E-state index in [1.165, 1.54) is 10.4 Å². The molecule has 0 aliphatic carbocycles. The number of pyridine rings is 1. The van der Waals surface area contributed by atoms with E-state index in [0.717, 1.165) is 33.7 Å². The molecule has 1 saturated heterocycles. The number of fused-ring (bicyclic) bond motifs is 1. The number of piperidine rings is 1. The van der Waals surface area contributed by atoms with Gasteiger partial charge in [0, 0.05) is 24.7 Å². The standard InChI is InChI=1S/C25H24F3N5O3S/c1-15-10-17(11-18-12-30-32-24(15)18)16-2-5-20(6-3-16)37(35,36)33-9-8-21(22(34)14-33)31-23-7-4-19(13-29-23)25(26,27)28/h2-7,10-13,21-22,34H,8-9,14H2,1H3,(H,29,31)(H,30,32)/t21-,22+/m1/s1. The molecule has 1 aliphatic rings. The number of aliphatic hydroxyl groups is 1. The molecule has 2 atom stereocenters. The summed E-state index contributed by atoms with van der Waals surface area (Å²) in [6.45, 7) is 1.95. The number of nitrogens with one attached hydrogen (secondary N) is 2. The molecule has 0 spiro atoms. The lowest BCUT2D eigenvalue weighted by atomic mass is 10.0. The number of rotatable bonds is 5. The zero-order chi connectivity index (χ0) is 26.4. The van der Waals surface area contributed by atoms with E-state index in [1.54, 1.807) is 30.5 Å². The molecule has 12 heteroatoms. The van der Waals surface area contributed by atoms with Crippen molar-refractivity contribution in [2.24, 2.45) is 0 Å². The van der Waals surface area contributed by atoms with E-state index in [4.69, 9.17) is 0 Å². The number of halogens is 3. The lowest BCUT2D eigenvalue weighted by Gasteiger charge is -2.35. The molecule has 0 unspecified atom stereocenters. The van der Waals surface area contributed by atoms with Crippen LogP contribution in [0.5, 0.6) is 0 Å². The Kier molecular flexibility index (Phi) is 6.42. The van der Waals surface area contributed by atoms with E-state index < -0.39 is 33.9 Å². The summed E-state index contributed by atoms with van der Waals surface area (Å²) < 4.78 is 65.9. The van der Waals surface area contributed by atoms with Crippen LogP contribution in [0.15, 0.2) is 65.8 Å². The Balaban J connectivity index is 1.26. The van der Waals surface area contributed by atoms with Crippen molar-refractivity contribution >= 4 is 26.7 Å². The van der Waals surface area contributed by atoms with Crippen molar-refractivity contribution in [3.8, 4) is 11.1 Å². The highest BCUT2D eigenvalue weighted by Crippen LogP contribution is 2.30. The summed E-state index contributed by atoms with van der Waals surface area (Å²) in [6, 6.07) is 12.1. The first kappa shape index (κ1) is 25.2. The number of aliphatic hydroxyl groups excluding tert-OH is 1. The van der Waals surface area contributed by atoms with Gasteiger partial charge in [0.05, 0.1) is 34.3 Å². The number of sulfonamides is 1. The predicted octanol–water partition coefficient (Wildman–Crippen LogP) is 4.19. The van der Waals surface area contributed by atoms with Crippen molar-refractivity contribution in [2.75, 3.05) is 18.4 Å². The molecule has 0 bridgehead atoms. The monoisotopic (exact) mass is 531 g/mol. The first-order chi connectivity index (χ1) is 17.5. The fraction of sp³-hybridized carbons (Fsp3) is 0.280. The van der Waals surface area contributed by atoms with Crippen LogP contribution in [0.2, 0.25) is 0 Å². The highest BCUT2D eigenvalue weighted by Gasteiger charge is 2.35. The van der Waals surface area contributed by atoms with Crippen LogP contribution in [-0.4, -0.2) is 58.2 Å². The van der Waals surface area contributed by atoms with Gasteiger partial charge in [-0.05, 0) is 66.4 Å². The van der Waals surface area contributed by atoms with Gasteiger partial charge in [-0.25, -0.2) is 13.4 Å². The van der Waals surface area contributed by atoms with Gasteiger partial charge in [-0.3, -0.25) is 5.10 Å². The number of aromatic amines is 1. The minimum absolute atomic E-state index is 0.111. The van der Waals surface area contributed by atoms with Gasteiger partial charge in [-0.2, -0.15) is 22.6 Å². The van der Waals surface area contributed by atoms with Crippen LogP contribution >= 0.6 is 0 Å². The molecule has 1 fully saturated rings. The largest absolute Gasteiger partial charge is 0.417 e. The maximum Gasteiger partial charge on any atom is 0.417 e. The Bertz CT molecular complexity index is 1520. The maximum absolute atomic E-state index is 13.2. The SMILES string of the molecule is Cc1cc(-c2ccc(S(=O)(=O)N3CC[C@@H](Nc4ccc(C(F)(F)F)cn4)[C@@H](O)C3)cc2)cc2cn[nH]c12. The van der Waals surface area contributed by atoms with E-state index >= 15 is 0 Å². The third-order valence-electron chi connectivity index (χ3n) is 6.54. The fourth-order valence-corrected chi connectivity index (χ4v) is 5.97. The average Bonchev–Trinajstić information content (AvgIpc) is 3.35. The van der Waals surface area contributed by atoms with Gasteiger partial charge < -0.3 is 10.4 Å². The second-order valence-corrected chi connectivity index (χ2v) is 11.0. The van der Waals surface area contributed by atoms with Crippen molar-refractivity contribution in [2.45, 2.75) is 36.6 Å². The second-order valence-electron chi connectivity index (χ2n) is 9.05. The summed E-state index contributed by atoms with van der Waals surface area (Å²) in [6.07, 6.45) is -2.86. The van der Waals surface area contributed by atoms with Crippen LogP contribution < -0.4 is 5.32 Å². The molecule has 5 rings (SSSR count). The van der Waals surface area contributed by atoms with Crippen LogP contribution in [0.25, 0.3) is 22.0 Å². The van der Waals surface area contributed by atoms with Gasteiger partial charge in [0.15, 0.2) is 0 Å². The zero-order valence-corrected chi connectivity index (χ0v) is 20.5. The zero-order valence-electron chi connectivity index (χ0n) is 19.7. The summed E-state index contributed by atoms with van der Waals surface area (Å²) in [5.74, 6) is 0.174. The molecule has 0 radical (unpaired) electrons. The van der Waals surface area contributed by atoms with Crippen molar-refractivity contribution in [3.63, 3.8) is 0 Å². The number of aromatic nitrogens is 3. The summed E-state index contributed by atoms with van der Waals surface area (Å²) in [7, 11) is -3.86.